The molecule has 0 fully saturated rings. The van der Waals surface area contributed by atoms with Gasteiger partial charge in [0, 0.05) is 0 Å². The zero-order chi connectivity index (χ0) is 8.10. The van der Waals surface area contributed by atoms with E-state index < -0.39 is 0 Å². The lowest BCUT2D eigenvalue weighted by Crippen LogP contribution is -1.96. The zero-order valence-corrected chi connectivity index (χ0v) is 6.57. The minimum atomic E-state index is 0.517. The Balaban J connectivity index is 2.74. The molecule has 4 heteroatoms. The Hall–Kier alpha value is -1.32. The maximum atomic E-state index is 5.12. The molecule has 0 atom stereocenters. The van der Waals surface area contributed by atoms with Gasteiger partial charge >= 0.3 is 0 Å². The van der Waals surface area contributed by atoms with Crippen LogP contribution < -0.4 is 9.47 Å². The van der Waals surface area contributed by atoms with Crippen LogP contribution in [0.1, 0.15) is 6.92 Å². The van der Waals surface area contributed by atoms with Crippen molar-refractivity contribution in [2.24, 2.45) is 0 Å². The summed E-state index contributed by atoms with van der Waals surface area (Å²) in [5, 5.41) is 0. The fourth-order valence-electron chi connectivity index (χ4n) is 0.661. The molecule has 0 spiro atoms. The molecule has 0 amide bonds. The summed E-state index contributed by atoms with van der Waals surface area (Å²) in [4.78, 5) is 7.69. The average Bonchev–Trinajstić information content (AvgIpc) is 2.06. The summed E-state index contributed by atoms with van der Waals surface area (Å²) in [6.45, 7) is 2.49. The van der Waals surface area contributed by atoms with Crippen LogP contribution in [0.5, 0.6) is 11.8 Å². The molecule has 0 saturated carbocycles. The molecule has 11 heavy (non-hydrogen) atoms. The van der Waals surface area contributed by atoms with Crippen LogP contribution in [0.2, 0.25) is 0 Å². The highest BCUT2D eigenvalue weighted by Gasteiger charge is 1.96. The molecule has 0 bridgehead atoms. The van der Waals surface area contributed by atoms with Crippen LogP contribution in [0, 0.1) is 0 Å². The minimum absolute atomic E-state index is 0.517. The third kappa shape index (κ3) is 2.07. The van der Waals surface area contributed by atoms with Gasteiger partial charge in [-0.3, -0.25) is 0 Å². The van der Waals surface area contributed by atoms with Gasteiger partial charge in [0.15, 0.2) is 0 Å². The van der Waals surface area contributed by atoms with Crippen LogP contribution in [0.4, 0.5) is 0 Å². The van der Waals surface area contributed by atoms with Gasteiger partial charge in [0.05, 0.1) is 19.8 Å². The van der Waals surface area contributed by atoms with Gasteiger partial charge in [-0.15, -0.1) is 0 Å². The maximum absolute atomic E-state index is 5.12. The van der Waals surface area contributed by atoms with Gasteiger partial charge in [-0.2, -0.15) is 0 Å². The van der Waals surface area contributed by atoms with Crippen molar-refractivity contribution in [3.8, 4) is 11.8 Å². The highest BCUT2D eigenvalue weighted by molar-refractivity contribution is 5.17. The largest absolute Gasteiger partial charge is 0.481 e. The van der Waals surface area contributed by atoms with Crippen molar-refractivity contribution in [1.82, 2.24) is 9.97 Å². The number of methoxy groups -OCH3 is 1. The fraction of sp³-hybridized carbons (Fsp3) is 0.429. The van der Waals surface area contributed by atoms with Gasteiger partial charge < -0.3 is 9.47 Å². The van der Waals surface area contributed by atoms with E-state index in [1.807, 2.05) is 6.92 Å². The average molecular weight is 154 g/mol. The van der Waals surface area contributed by atoms with Gasteiger partial charge in [-0.1, -0.05) is 0 Å². The fourth-order valence-corrected chi connectivity index (χ4v) is 0.661. The molecular formula is C7H10N2O2. The Morgan fingerprint density at radius 2 is 2.09 bits per heavy atom. The Morgan fingerprint density at radius 3 is 2.73 bits per heavy atom. The van der Waals surface area contributed by atoms with Gasteiger partial charge in [0.1, 0.15) is 6.33 Å². The summed E-state index contributed by atoms with van der Waals surface area (Å²) < 4.78 is 9.99. The number of ether oxygens (including phenoxy) is 2. The number of nitrogens with zero attached hydrogens (tertiary/aromatic N) is 2. The quantitative estimate of drug-likeness (QED) is 0.648. The third-order valence-electron chi connectivity index (χ3n) is 1.12. The van der Waals surface area contributed by atoms with Crippen molar-refractivity contribution < 1.29 is 9.47 Å². The lowest BCUT2D eigenvalue weighted by atomic mass is 10.6. The Bertz CT molecular complexity index is 227. The van der Waals surface area contributed by atoms with Crippen LogP contribution in [-0.4, -0.2) is 23.7 Å². The van der Waals surface area contributed by atoms with Crippen molar-refractivity contribution in [3.63, 3.8) is 0 Å². The first-order valence-electron chi connectivity index (χ1n) is 3.35. The normalized spacial score (nSPS) is 9.27. The number of rotatable bonds is 3. The van der Waals surface area contributed by atoms with Crippen LogP contribution in [0.3, 0.4) is 0 Å². The van der Waals surface area contributed by atoms with Gasteiger partial charge in [0.2, 0.25) is 11.8 Å². The van der Waals surface area contributed by atoms with E-state index in [9.17, 15) is 0 Å². The van der Waals surface area contributed by atoms with Gasteiger partial charge in [-0.05, 0) is 6.92 Å². The van der Waals surface area contributed by atoms with E-state index in [0.717, 1.165) is 0 Å². The van der Waals surface area contributed by atoms with Gasteiger partial charge in [0.25, 0.3) is 0 Å². The lowest BCUT2D eigenvalue weighted by molar-refractivity contribution is 0.320. The zero-order valence-electron chi connectivity index (χ0n) is 6.57. The molecule has 0 aliphatic rings. The first-order chi connectivity index (χ1) is 5.36. The minimum Gasteiger partial charge on any atom is -0.481 e. The number of hydrogen-bond donors (Lipinski definition) is 0. The van der Waals surface area contributed by atoms with Crippen molar-refractivity contribution in [2.45, 2.75) is 6.92 Å². The third-order valence-corrected chi connectivity index (χ3v) is 1.12. The van der Waals surface area contributed by atoms with Gasteiger partial charge in [-0.25, -0.2) is 9.97 Å². The maximum Gasteiger partial charge on any atom is 0.220 e. The topological polar surface area (TPSA) is 44.2 Å². The summed E-state index contributed by atoms with van der Waals surface area (Å²) in [7, 11) is 1.55. The smallest absolute Gasteiger partial charge is 0.220 e. The van der Waals surface area contributed by atoms with E-state index in [-0.39, 0.29) is 0 Å². The van der Waals surface area contributed by atoms with E-state index >= 15 is 0 Å². The van der Waals surface area contributed by atoms with E-state index in [0.29, 0.717) is 18.4 Å². The molecule has 0 saturated heterocycles. The Kier molecular flexibility index (Phi) is 2.66. The molecule has 1 aromatic heterocycles. The predicted molar refractivity (Wildman–Crippen MR) is 39.8 cm³/mol. The molecule has 0 radical (unpaired) electrons. The Morgan fingerprint density at radius 1 is 1.36 bits per heavy atom. The molecule has 1 heterocycles. The van der Waals surface area contributed by atoms with Crippen LogP contribution >= 0.6 is 0 Å². The van der Waals surface area contributed by atoms with Crippen molar-refractivity contribution in [3.05, 3.63) is 12.4 Å². The first-order valence-corrected chi connectivity index (χ1v) is 3.35. The highest BCUT2D eigenvalue weighted by Crippen LogP contribution is 2.11. The summed E-state index contributed by atoms with van der Waals surface area (Å²) in [5.41, 5.74) is 0. The standard InChI is InChI=1S/C7H10N2O2/c1-3-11-7-4-6(10-2)8-5-9-7/h4-5H,3H2,1-2H3. The van der Waals surface area contributed by atoms with E-state index in [4.69, 9.17) is 9.47 Å². The second kappa shape index (κ2) is 3.75. The second-order valence-electron chi connectivity index (χ2n) is 1.83. The molecule has 0 aliphatic carbocycles. The monoisotopic (exact) mass is 154 g/mol. The molecule has 60 valence electrons. The summed E-state index contributed by atoms with van der Waals surface area (Å²) in [6, 6.07) is 1.64. The van der Waals surface area contributed by atoms with Crippen LogP contribution in [-0.2, 0) is 0 Å². The number of hydrogen-bond acceptors (Lipinski definition) is 4. The Labute approximate surface area is 65.2 Å². The molecule has 0 N–H and O–H groups in total. The van der Waals surface area contributed by atoms with Crippen molar-refractivity contribution >= 4 is 0 Å². The van der Waals surface area contributed by atoms with E-state index in [1.165, 1.54) is 6.33 Å². The SMILES string of the molecule is CCOc1cc(OC)ncn1. The first kappa shape index (κ1) is 7.78. The molecular weight excluding hydrogens is 144 g/mol. The highest BCUT2D eigenvalue weighted by atomic mass is 16.5. The van der Waals surface area contributed by atoms with E-state index in [2.05, 4.69) is 9.97 Å². The molecule has 0 aliphatic heterocycles. The summed E-state index contributed by atoms with van der Waals surface area (Å²) in [5.74, 6) is 1.06. The van der Waals surface area contributed by atoms with Crippen molar-refractivity contribution in [2.75, 3.05) is 13.7 Å². The van der Waals surface area contributed by atoms with Crippen molar-refractivity contribution in [1.29, 1.82) is 0 Å². The number of aromatic nitrogens is 2. The molecule has 0 unspecified atom stereocenters. The summed E-state index contributed by atoms with van der Waals surface area (Å²) >= 11 is 0. The molecule has 0 aromatic carbocycles. The van der Waals surface area contributed by atoms with Crippen LogP contribution in [0.15, 0.2) is 12.4 Å². The second-order valence-corrected chi connectivity index (χ2v) is 1.83. The summed E-state index contributed by atoms with van der Waals surface area (Å²) in [6.07, 6.45) is 1.41. The molecule has 1 rings (SSSR count). The molecule has 4 nitrogen and oxygen atoms in total. The lowest BCUT2D eigenvalue weighted by Gasteiger charge is -2.01. The van der Waals surface area contributed by atoms with Crippen LogP contribution in [0.25, 0.3) is 0 Å². The molecule has 1 aromatic rings. The predicted octanol–water partition coefficient (Wildman–Crippen LogP) is 0.884. The van der Waals surface area contributed by atoms with E-state index in [1.54, 1.807) is 13.2 Å².